The molecule has 0 aromatic heterocycles. The van der Waals surface area contributed by atoms with Crippen molar-refractivity contribution >= 4 is 0 Å². The second-order valence-electron chi connectivity index (χ2n) is 7.85. The van der Waals surface area contributed by atoms with Crippen LogP contribution in [0.25, 0.3) is 0 Å². The molecule has 1 heterocycles. The van der Waals surface area contributed by atoms with Crippen LogP contribution in [0, 0.1) is 0 Å². The molecule has 1 aromatic rings. The zero-order valence-corrected chi connectivity index (χ0v) is 17.0. The van der Waals surface area contributed by atoms with Gasteiger partial charge in [0.2, 0.25) is 0 Å². The maximum atomic E-state index is 5.49. The summed E-state index contributed by atoms with van der Waals surface area (Å²) in [6.07, 6.45) is 4.73. The summed E-state index contributed by atoms with van der Waals surface area (Å²) in [4.78, 5) is 7.60. The Kier molecular flexibility index (Phi) is 6.79. The topological polar surface area (TPSA) is 28.2 Å². The average Bonchev–Trinajstić information content (AvgIpc) is 2.67. The third kappa shape index (κ3) is 4.70. The smallest absolute Gasteiger partial charge is 0.161 e. The lowest BCUT2D eigenvalue weighted by molar-refractivity contribution is 0.142. The minimum atomic E-state index is 0.632. The fraction of sp³-hybridized carbons (Fsp3) is 0.714. The first-order chi connectivity index (χ1) is 12.6. The Morgan fingerprint density at radius 1 is 1.04 bits per heavy atom. The van der Waals surface area contributed by atoms with E-state index in [4.69, 9.17) is 9.47 Å². The van der Waals surface area contributed by atoms with Gasteiger partial charge in [-0.1, -0.05) is 0 Å². The van der Waals surface area contributed by atoms with Gasteiger partial charge in [-0.2, -0.15) is 0 Å². The zero-order valence-electron chi connectivity index (χ0n) is 17.0. The molecule has 1 atom stereocenters. The molecule has 1 fully saturated rings. The van der Waals surface area contributed by atoms with Gasteiger partial charge in [-0.25, -0.2) is 0 Å². The van der Waals surface area contributed by atoms with Crippen molar-refractivity contribution in [2.24, 2.45) is 0 Å². The van der Waals surface area contributed by atoms with Crippen molar-refractivity contribution in [2.75, 3.05) is 67.6 Å². The standard InChI is InChI=1S/C21H35N3O2/c1-22-10-12-24(13-11-22)9-5-8-23(2)19-7-6-17-15-20(25-3)21(26-4)16-18(17)14-19/h15-16,19H,5-14H2,1-4H3. The van der Waals surface area contributed by atoms with Crippen molar-refractivity contribution in [3.63, 3.8) is 0 Å². The van der Waals surface area contributed by atoms with Gasteiger partial charge in [0.05, 0.1) is 14.2 Å². The molecule has 0 amide bonds. The van der Waals surface area contributed by atoms with E-state index >= 15 is 0 Å². The fourth-order valence-corrected chi connectivity index (χ4v) is 4.24. The lowest BCUT2D eigenvalue weighted by atomic mass is 9.87. The number of likely N-dealkylation sites (N-methyl/N-ethyl adjacent to an activating group) is 2. The molecule has 3 rings (SSSR count). The van der Waals surface area contributed by atoms with Gasteiger partial charge in [0.15, 0.2) is 11.5 Å². The Labute approximate surface area is 158 Å². The highest BCUT2D eigenvalue weighted by atomic mass is 16.5. The molecular weight excluding hydrogens is 326 g/mol. The highest BCUT2D eigenvalue weighted by Crippen LogP contribution is 2.34. The summed E-state index contributed by atoms with van der Waals surface area (Å²) < 4.78 is 10.9. The van der Waals surface area contributed by atoms with Crippen LogP contribution in [0.1, 0.15) is 24.0 Å². The van der Waals surface area contributed by atoms with Crippen molar-refractivity contribution in [3.8, 4) is 11.5 Å². The van der Waals surface area contributed by atoms with Gasteiger partial charge in [-0.05, 0) is 76.1 Å². The van der Waals surface area contributed by atoms with Crippen LogP contribution >= 0.6 is 0 Å². The molecule has 0 saturated carbocycles. The maximum Gasteiger partial charge on any atom is 0.161 e. The van der Waals surface area contributed by atoms with Gasteiger partial charge >= 0.3 is 0 Å². The number of hydrogen-bond acceptors (Lipinski definition) is 5. The van der Waals surface area contributed by atoms with E-state index in [0.29, 0.717) is 6.04 Å². The van der Waals surface area contributed by atoms with Crippen LogP contribution in [-0.4, -0.2) is 88.3 Å². The molecule has 1 unspecified atom stereocenters. The molecule has 1 aliphatic carbocycles. The van der Waals surface area contributed by atoms with Gasteiger partial charge < -0.3 is 24.2 Å². The lowest BCUT2D eigenvalue weighted by Crippen LogP contribution is -2.45. The van der Waals surface area contributed by atoms with E-state index in [1.165, 1.54) is 63.2 Å². The van der Waals surface area contributed by atoms with Crippen molar-refractivity contribution in [1.29, 1.82) is 0 Å². The largest absolute Gasteiger partial charge is 0.493 e. The number of fused-ring (bicyclic) bond motifs is 1. The second kappa shape index (κ2) is 9.07. The third-order valence-electron chi connectivity index (χ3n) is 6.11. The Morgan fingerprint density at radius 2 is 1.69 bits per heavy atom. The number of ether oxygens (including phenoxy) is 2. The van der Waals surface area contributed by atoms with E-state index in [0.717, 1.165) is 24.3 Å². The Bertz CT molecular complexity index is 585. The van der Waals surface area contributed by atoms with Crippen LogP contribution in [0.4, 0.5) is 0 Å². The quantitative estimate of drug-likeness (QED) is 0.742. The molecule has 0 radical (unpaired) electrons. The van der Waals surface area contributed by atoms with Gasteiger partial charge in [-0.15, -0.1) is 0 Å². The molecular formula is C21H35N3O2. The second-order valence-corrected chi connectivity index (χ2v) is 7.85. The minimum absolute atomic E-state index is 0.632. The van der Waals surface area contributed by atoms with Crippen LogP contribution < -0.4 is 9.47 Å². The number of methoxy groups -OCH3 is 2. The van der Waals surface area contributed by atoms with E-state index in [1.54, 1.807) is 14.2 Å². The number of rotatable bonds is 7. The number of aryl methyl sites for hydroxylation is 1. The Hall–Kier alpha value is -1.30. The molecule has 5 nitrogen and oxygen atoms in total. The molecule has 26 heavy (non-hydrogen) atoms. The minimum Gasteiger partial charge on any atom is -0.493 e. The molecule has 1 saturated heterocycles. The first-order valence-electron chi connectivity index (χ1n) is 9.95. The van der Waals surface area contributed by atoms with Crippen LogP contribution in [-0.2, 0) is 12.8 Å². The monoisotopic (exact) mass is 361 g/mol. The molecule has 1 aromatic carbocycles. The van der Waals surface area contributed by atoms with E-state index < -0.39 is 0 Å². The molecule has 0 N–H and O–H groups in total. The zero-order chi connectivity index (χ0) is 18.5. The Balaban J connectivity index is 1.50. The molecule has 5 heteroatoms. The predicted octanol–water partition coefficient (Wildman–Crippen LogP) is 2.13. The number of hydrogen-bond donors (Lipinski definition) is 0. The van der Waals surface area contributed by atoms with E-state index in [9.17, 15) is 0 Å². The summed E-state index contributed by atoms with van der Waals surface area (Å²) in [5.41, 5.74) is 2.84. The van der Waals surface area contributed by atoms with E-state index in [-0.39, 0.29) is 0 Å². The van der Waals surface area contributed by atoms with Gasteiger partial charge in [0.1, 0.15) is 0 Å². The molecule has 2 aliphatic rings. The van der Waals surface area contributed by atoms with Crippen molar-refractivity contribution < 1.29 is 9.47 Å². The summed E-state index contributed by atoms with van der Waals surface area (Å²) in [5, 5.41) is 0. The normalized spacial score (nSPS) is 21.7. The van der Waals surface area contributed by atoms with Gasteiger partial charge in [0.25, 0.3) is 0 Å². The summed E-state index contributed by atoms with van der Waals surface area (Å²) in [6.45, 7) is 7.27. The first kappa shape index (κ1) is 19.5. The van der Waals surface area contributed by atoms with Crippen molar-refractivity contribution in [2.45, 2.75) is 31.7 Å². The SMILES string of the molecule is COc1cc2c(cc1OC)CC(N(C)CCCN1CCN(C)CC1)CC2. The summed E-state index contributed by atoms with van der Waals surface area (Å²) >= 11 is 0. The van der Waals surface area contributed by atoms with Gasteiger partial charge in [0, 0.05) is 32.2 Å². The van der Waals surface area contributed by atoms with Gasteiger partial charge in [-0.3, -0.25) is 0 Å². The van der Waals surface area contributed by atoms with Crippen LogP contribution in [0.5, 0.6) is 11.5 Å². The average molecular weight is 362 g/mol. The number of nitrogens with zero attached hydrogens (tertiary/aromatic N) is 3. The van der Waals surface area contributed by atoms with E-state index in [2.05, 4.69) is 40.9 Å². The van der Waals surface area contributed by atoms with Crippen LogP contribution in [0.15, 0.2) is 12.1 Å². The summed E-state index contributed by atoms with van der Waals surface area (Å²) in [6, 6.07) is 4.98. The lowest BCUT2D eigenvalue weighted by Gasteiger charge is -2.35. The number of benzene rings is 1. The highest BCUT2D eigenvalue weighted by Gasteiger charge is 2.24. The van der Waals surface area contributed by atoms with Crippen molar-refractivity contribution in [3.05, 3.63) is 23.3 Å². The first-order valence-corrected chi connectivity index (χ1v) is 9.95. The predicted molar refractivity (Wildman–Crippen MR) is 107 cm³/mol. The van der Waals surface area contributed by atoms with Crippen LogP contribution in [0.3, 0.4) is 0 Å². The molecule has 1 aliphatic heterocycles. The fourth-order valence-electron chi connectivity index (χ4n) is 4.24. The molecule has 0 bridgehead atoms. The highest BCUT2D eigenvalue weighted by molar-refractivity contribution is 5.48. The van der Waals surface area contributed by atoms with E-state index in [1.807, 2.05) is 0 Å². The molecule has 146 valence electrons. The van der Waals surface area contributed by atoms with Crippen LogP contribution in [0.2, 0.25) is 0 Å². The Morgan fingerprint density at radius 3 is 2.35 bits per heavy atom. The molecule has 0 spiro atoms. The van der Waals surface area contributed by atoms with Crippen molar-refractivity contribution in [1.82, 2.24) is 14.7 Å². The summed E-state index contributed by atoms with van der Waals surface area (Å²) in [7, 11) is 7.94. The number of piperazine rings is 1. The third-order valence-corrected chi connectivity index (χ3v) is 6.11. The summed E-state index contributed by atoms with van der Waals surface area (Å²) in [5.74, 6) is 1.70. The maximum absolute atomic E-state index is 5.49.